The first kappa shape index (κ1) is 81.1. The minimum Gasteiger partial charge on any atom is -0.543 e. The number of carboxylic acids is 1. The maximum atomic E-state index is 13.8. The van der Waals surface area contributed by atoms with E-state index in [-0.39, 0.29) is 69.8 Å². The van der Waals surface area contributed by atoms with Crippen LogP contribution in [0.2, 0.25) is 0 Å². The molecule has 38 heteroatoms. The van der Waals surface area contributed by atoms with Crippen molar-refractivity contribution in [1.29, 1.82) is 0 Å². The quantitative estimate of drug-likeness (QED) is 0.0577. The van der Waals surface area contributed by atoms with Crippen molar-refractivity contribution in [3.05, 3.63) is 185 Å². The van der Waals surface area contributed by atoms with Gasteiger partial charge in [-0.3, -0.25) is 42.6 Å². The molecule has 4 N–H and O–H groups in total. The number of esters is 1. The van der Waals surface area contributed by atoms with Crippen LogP contribution in [0.1, 0.15) is 105 Å². The van der Waals surface area contributed by atoms with Crippen molar-refractivity contribution < 1.29 is 97.4 Å². The molecule has 13 rings (SSSR count). The van der Waals surface area contributed by atoms with Crippen LogP contribution in [0.4, 0.5) is 8.78 Å². The molecule has 0 fully saturated rings. The molecule has 12 heterocycles. The van der Waals surface area contributed by atoms with Gasteiger partial charge < -0.3 is 44.0 Å². The first-order chi connectivity index (χ1) is 49.6. The number of hydrogen-bond acceptors (Lipinski definition) is 28. The summed E-state index contributed by atoms with van der Waals surface area (Å²) in [5.74, 6) is -2.59. The summed E-state index contributed by atoms with van der Waals surface area (Å²) in [4.78, 5) is 103. The second-order valence-electron chi connectivity index (χ2n) is 22.5. The SMILES string of the molecule is CC(C)c1nsc(-c2cnn(C)c2C(=O)CO)n1.COC(=O)c1ccn2cc(-c3cc(F)ccc3F)nc2c1.Cc1ccnc(-c2cnn(C)c2C(=O)CO)n1.Cc1ccnc(-c2cnn(C)c2C(=O)[O-])n1.Cc1cnc(-c2cnn(C)c2C(=O)CO)s1.Cn1cnc(-c2cnn(C)c2C(=O)CO)c1.[Na+]. The Bertz CT molecular complexity index is 5140. The number of pyridine rings is 1. The van der Waals surface area contributed by atoms with Crippen LogP contribution in [0.15, 0.2) is 117 Å². The number of aliphatic hydroxyl groups is 4. The van der Waals surface area contributed by atoms with E-state index in [0.717, 1.165) is 45.3 Å². The minimum absolute atomic E-state index is 0. The number of methoxy groups -OCH3 is 1. The van der Waals surface area contributed by atoms with Crippen molar-refractivity contribution in [2.75, 3.05) is 33.5 Å². The molecule has 540 valence electrons. The third kappa shape index (κ3) is 19.8. The van der Waals surface area contributed by atoms with Crippen molar-refractivity contribution in [3.8, 4) is 66.4 Å². The number of hydrogen-bond donors (Lipinski definition) is 4. The molecule has 12 aromatic heterocycles. The van der Waals surface area contributed by atoms with Gasteiger partial charge in [-0.15, -0.1) is 11.3 Å². The summed E-state index contributed by atoms with van der Waals surface area (Å²) in [5.41, 5.74) is 7.66. The number of fused-ring (bicyclic) bond motifs is 1. The Labute approximate surface area is 626 Å². The van der Waals surface area contributed by atoms with E-state index in [1.54, 1.807) is 124 Å². The van der Waals surface area contributed by atoms with E-state index < -0.39 is 55.8 Å². The summed E-state index contributed by atoms with van der Waals surface area (Å²) in [6.07, 6.45) is 19.3. The van der Waals surface area contributed by atoms with Gasteiger partial charge in [-0.1, -0.05) is 13.8 Å². The minimum atomic E-state index is -1.29. The predicted octanol–water partition coefficient (Wildman–Crippen LogP) is 2.24. The predicted molar refractivity (Wildman–Crippen MR) is 370 cm³/mol. The smallest absolute Gasteiger partial charge is 0.543 e. The Balaban J connectivity index is 0.000000176. The number of nitrogens with zero attached hydrogens (tertiary/aromatic N) is 21. The number of carboxylic acid groups (broad SMARTS) is 1. The molecule has 0 aliphatic heterocycles. The van der Waals surface area contributed by atoms with Gasteiger partial charge in [0.15, 0.2) is 11.6 Å². The van der Waals surface area contributed by atoms with Gasteiger partial charge in [-0.05, 0) is 74.8 Å². The third-order valence-electron chi connectivity index (χ3n) is 14.7. The number of ether oxygens (including phenoxy) is 1. The maximum absolute atomic E-state index is 13.8. The first-order valence-electron chi connectivity index (χ1n) is 30.9. The monoisotopic (exact) mass is 1480 g/mol. The van der Waals surface area contributed by atoms with Gasteiger partial charge in [0, 0.05) is 107 Å². The molecule has 0 aliphatic rings. The molecular formula is C67H68F2N21NaO12S2. The number of carbonyl (C=O) groups is 6. The number of aliphatic hydroxyl groups excluding tert-OH is 4. The molecule has 0 amide bonds. The first-order valence-corrected chi connectivity index (χ1v) is 32.5. The summed E-state index contributed by atoms with van der Waals surface area (Å²) in [6.45, 7) is 7.47. The molecule has 0 unspecified atom stereocenters. The largest absolute Gasteiger partial charge is 1.00 e. The number of ketones is 4. The Morgan fingerprint density at radius 1 is 0.543 bits per heavy atom. The van der Waals surface area contributed by atoms with Gasteiger partial charge >= 0.3 is 35.5 Å². The van der Waals surface area contributed by atoms with Crippen LogP contribution in [0.25, 0.3) is 72.1 Å². The van der Waals surface area contributed by atoms with E-state index in [4.69, 9.17) is 20.4 Å². The van der Waals surface area contributed by atoms with Crippen LogP contribution in [-0.2, 0) is 47.0 Å². The molecule has 33 nitrogen and oxygen atoms in total. The van der Waals surface area contributed by atoms with E-state index in [0.29, 0.717) is 84.2 Å². The number of benzene rings is 1. The molecular weight excluding hydrogens is 1420 g/mol. The number of aryl methyl sites for hydroxylation is 9. The van der Waals surface area contributed by atoms with Crippen molar-refractivity contribution in [2.45, 2.75) is 40.5 Å². The second kappa shape index (κ2) is 36.8. The maximum Gasteiger partial charge on any atom is 1.00 e. The Kier molecular flexibility index (Phi) is 28.5. The van der Waals surface area contributed by atoms with Crippen LogP contribution in [0, 0.1) is 32.4 Å². The number of thiazole rings is 1. The average Bonchev–Trinajstić information content (AvgIpc) is 1.64. The fraction of sp³-hybridized carbons (Fsp3) is 0.254. The number of halogens is 2. The fourth-order valence-electron chi connectivity index (χ4n) is 9.70. The molecule has 0 saturated heterocycles. The molecule has 0 bridgehead atoms. The van der Waals surface area contributed by atoms with Gasteiger partial charge in [0.2, 0.25) is 23.1 Å². The van der Waals surface area contributed by atoms with Gasteiger partial charge in [0.25, 0.3) is 0 Å². The molecule has 0 saturated carbocycles. The van der Waals surface area contributed by atoms with E-state index in [1.165, 1.54) is 78.9 Å². The number of Topliss-reactive ketones (excluding diaryl/α,β-unsaturated/α-hetero) is 4. The van der Waals surface area contributed by atoms with Crippen molar-refractivity contribution >= 4 is 63.6 Å². The van der Waals surface area contributed by atoms with Crippen molar-refractivity contribution in [1.82, 2.24) is 102 Å². The van der Waals surface area contributed by atoms with Crippen LogP contribution in [-0.4, -0.2) is 191 Å². The zero-order valence-electron chi connectivity index (χ0n) is 58.9. The number of aromatic nitrogens is 21. The summed E-state index contributed by atoms with van der Waals surface area (Å²) >= 11 is 2.74. The summed E-state index contributed by atoms with van der Waals surface area (Å²) in [7, 11) is 11.3. The van der Waals surface area contributed by atoms with Crippen LogP contribution < -0.4 is 34.7 Å². The number of imidazole rings is 2. The van der Waals surface area contributed by atoms with Gasteiger partial charge in [-0.2, -0.15) is 29.9 Å². The second-order valence-corrected chi connectivity index (χ2v) is 24.5. The van der Waals surface area contributed by atoms with Gasteiger partial charge in [0.1, 0.15) is 82.3 Å². The average molecular weight is 1480 g/mol. The Hall–Kier alpha value is -11.2. The van der Waals surface area contributed by atoms with Crippen LogP contribution >= 0.6 is 22.9 Å². The number of aromatic carboxylic acids is 1. The molecule has 0 aliphatic carbocycles. The van der Waals surface area contributed by atoms with Crippen molar-refractivity contribution in [2.24, 2.45) is 42.3 Å². The zero-order valence-corrected chi connectivity index (χ0v) is 62.5. The number of rotatable bonds is 17. The molecule has 0 atom stereocenters. The van der Waals surface area contributed by atoms with E-state index in [9.17, 15) is 42.7 Å². The van der Waals surface area contributed by atoms with Crippen LogP contribution in [0.5, 0.6) is 0 Å². The topological polar surface area (TPSA) is 430 Å². The molecule has 0 spiro atoms. The fourth-order valence-corrected chi connectivity index (χ4v) is 11.3. The number of carbonyl (C=O) groups excluding carboxylic acids is 6. The summed E-state index contributed by atoms with van der Waals surface area (Å²) in [6, 6.07) is 9.77. The standard InChI is InChI=1S/C15H10F2N2O2.C11H14N4O2S.C11H12N4O2.C10H12N4O2.C10H10N4O2.C10H11N3O2S.Na/c1-21-15(20)9-4-5-19-8-13(18-14(19)6-9)11-7-10(16)2-3-12(11)17;1-6(2)10-13-11(18-14-10)7-4-12-15(3)9(7)8(17)5-16;1-7-3-4-12-11(14-7)8-5-13-15(2)10(8)9(17)6-16;1-13-4-8(11-6-13)7-3-12-14(2)10(7)9(16)5-15;1-6-3-4-11-9(13-6)7-5-12-14(2)8(7)10(15)16;1-6-3-11-10(16-6)7-4-12-13(2)9(7)8(15)5-14;/h2-8H,1H3;4,6,16H,5H2,1-3H3;3-5,16H,6H2,1-2H3;3-4,6,15H,5H2,1-2H3;3-5H,1-2H3,(H,15,16);3-4,14H,5H2,1-2H3;/q;;;;;;+1/p-1. The summed E-state index contributed by atoms with van der Waals surface area (Å²) < 4.78 is 46.3. The molecule has 13 aromatic rings. The Morgan fingerprint density at radius 2 is 1.02 bits per heavy atom. The normalized spacial score (nSPS) is 10.6. The van der Waals surface area contributed by atoms with E-state index in [2.05, 4.69) is 74.5 Å². The molecule has 1 aromatic carbocycles. The zero-order chi connectivity index (χ0) is 75.8. The van der Waals surface area contributed by atoms with Gasteiger partial charge in [-0.25, -0.2) is 53.4 Å². The Morgan fingerprint density at radius 3 is 1.47 bits per heavy atom. The van der Waals surface area contributed by atoms with Gasteiger partial charge in [0.05, 0.1) is 101 Å². The third-order valence-corrected chi connectivity index (χ3v) is 16.4. The van der Waals surface area contributed by atoms with E-state index >= 15 is 0 Å². The molecule has 105 heavy (non-hydrogen) atoms. The van der Waals surface area contributed by atoms with Crippen molar-refractivity contribution in [3.63, 3.8) is 0 Å². The summed E-state index contributed by atoms with van der Waals surface area (Å²) in [5, 5.41) is 68.0. The molecule has 0 radical (unpaired) electrons. The van der Waals surface area contributed by atoms with E-state index in [1.807, 2.05) is 34.7 Å². The van der Waals surface area contributed by atoms with Crippen LogP contribution in [0.3, 0.4) is 0 Å².